The Morgan fingerprint density at radius 3 is 2.33 bits per heavy atom. The normalized spacial score (nSPS) is 11.3. The number of benzene rings is 3. The third-order valence-electron chi connectivity index (χ3n) is 4.64. The van der Waals surface area contributed by atoms with Crippen molar-refractivity contribution < 1.29 is 4.79 Å². The van der Waals surface area contributed by atoms with Gasteiger partial charge in [-0.1, -0.05) is 72.8 Å². The van der Waals surface area contributed by atoms with E-state index in [9.17, 15) is 4.79 Å². The lowest BCUT2D eigenvalue weighted by atomic mass is 10.1. The van der Waals surface area contributed by atoms with Crippen molar-refractivity contribution in [2.24, 2.45) is 5.73 Å². The quantitative estimate of drug-likeness (QED) is 0.513. The number of amides is 1. The van der Waals surface area contributed by atoms with Crippen LogP contribution in [0.15, 0.2) is 91.0 Å². The fourth-order valence-electron chi connectivity index (χ4n) is 3.32. The zero-order chi connectivity index (χ0) is 18.6. The van der Waals surface area contributed by atoms with Gasteiger partial charge in [-0.05, 0) is 34.9 Å². The fourth-order valence-corrected chi connectivity index (χ4v) is 3.32. The Hall–Kier alpha value is -3.59. The van der Waals surface area contributed by atoms with Crippen molar-refractivity contribution in [1.29, 1.82) is 0 Å². The number of nitrogens with two attached hydrogens (primary N) is 1. The molecule has 0 saturated carbocycles. The predicted molar refractivity (Wildman–Crippen MR) is 111 cm³/mol. The summed E-state index contributed by atoms with van der Waals surface area (Å²) in [5.41, 5.74) is 10.9. The summed E-state index contributed by atoms with van der Waals surface area (Å²) in [5, 5.41) is 1.23. The van der Waals surface area contributed by atoms with E-state index >= 15 is 0 Å². The number of primary amides is 1. The van der Waals surface area contributed by atoms with Crippen molar-refractivity contribution in [3.63, 3.8) is 0 Å². The topological polar surface area (TPSA) is 48.0 Å². The molecule has 0 aliphatic rings. The number of hydrogen-bond acceptors (Lipinski definition) is 1. The van der Waals surface area contributed by atoms with E-state index in [1.54, 1.807) is 6.08 Å². The van der Waals surface area contributed by atoms with Crippen LogP contribution in [0.2, 0.25) is 0 Å². The van der Waals surface area contributed by atoms with Crippen LogP contribution in [0, 0.1) is 0 Å². The van der Waals surface area contributed by atoms with Gasteiger partial charge < -0.3 is 10.3 Å². The monoisotopic (exact) mass is 352 g/mol. The van der Waals surface area contributed by atoms with Crippen LogP contribution in [0.5, 0.6) is 0 Å². The molecule has 0 spiro atoms. The van der Waals surface area contributed by atoms with Crippen molar-refractivity contribution in [3.8, 4) is 11.3 Å². The first kappa shape index (κ1) is 16.9. The molecule has 1 amide bonds. The fraction of sp³-hybridized carbons (Fsp3) is 0.0417. The molecule has 27 heavy (non-hydrogen) atoms. The van der Waals surface area contributed by atoms with Gasteiger partial charge in [-0.15, -0.1) is 0 Å². The molecule has 4 rings (SSSR count). The van der Waals surface area contributed by atoms with Crippen LogP contribution >= 0.6 is 0 Å². The molecule has 3 nitrogen and oxygen atoms in total. The lowest BCUT2D eigenvalue weighted by molar-refractivity contribution is -0.113. The van der Waals surface area contributed by atoms with E-state index in [0.717, 1.165) is 12.1 Å². The van der Waals surface area contributed by atoms with Crippen molar-refractivity contribution in [3.05, 3.63) is 102 Å². The van der Waals surface area contributed by atoms with Crippen LogP contribution < -0.4 is 5.73 Å². The molecule has 1 heterocycles. The zero-order valence-corrected chi connectivity index (χ0v) is 14.9. The average Bonchev–Trinajstić information content (AvgIpc) is 3.07. The van der Waals surface area contributed by atoms with Gasteiger partial charge in [-0.25, -0.2) is 0 Å². The van der Waals surface area contributed by atoms with E-state index in [1.807, 2.05) is 18.2 Å². The second kappa shape index (κ2) is 7.34. The maximum Gasteiger partial charge on any atom is 0.241 e. The summed E-state index contributed by atoms with van der Waals surface area (Å²) >= 11 is 0. The van der Waals surface area contributed by atoms with Crippen molar-refractivity contribution >= 4 is 22.9 Å². The second-order valence-corrected chi connectivity index (χ2v) is 6.52. The molecule has 0 unspecified atom stereocenters. The summed E-state index contributed by atoms with van der Waals surface area (Å²) in [4.78, 5) is 10.9. The van der Waals surface area contributed by atoms with E-state index in [1.165, 1.54) is 33.8 Å². The summed E-state index contributed by atoms with van der Waals surface area (Å²) in [6, 6.07) is 29.3. The van der Waals surface area contributed by atoms with Gasteiger partial charge in [0.2, 0.25) is 5.91 Å². The van der Waals surface area contributed by atoms with Gasteiger partial charge in [0.15, 0.2) is 0 Å². The van der Waals surface area contributed by atoms with Crippen molar-refractivity contribution in [2.75, 3.05) is 0 Å². The van der Waals surface area contributed by atoms with E-state index < -0.39 is 5.91 Å². The van der Waals surface area contributed by atoms with E-state index in [-0.39, 0.29) is 0 Å². The van der Waals surface area contributed by atoms with E-state index in [2.05, 4.69) is 71.3 Å². The van der Waals surface area contributed by atoms with Gasteiger partial charge in [0, 0.05) is 29.2 Å². The molecule has 3 heteroatoms. The van der Waals surface area contributed by atoms with E-state index in [4.69, 9.17) is 5.73 Å². The van der Waals surface area contributed by atoms with Gasteiger partial charge in [0.1, 0.15) is 0 Å². The molecule has 0 atom stereocenters. The molecule has 0 fully saturated rings. The van der Waals surface area contributed by atoms with Crippen LogP contribution in [0.4, 0.5) is 0 Å². The summed E-state index contributed by atoms with van der Waals surface area (Å²) < 4.78 is 2.35. The number of para-hydroxylation sites is 1. The standard InChI is InChI=1S/C24H20N2O/c25-24(27)15-14-18-10-12-19(13-11-18)17-26-22-9-5-4-8-21(22)16-23(26)20-6-2-1-3-7-20/h1-16H,17H2,(H2,25,27)/b15-14+. The van der Waals surface area contributed by atoms with Crippen LogP contribution in [-0.4, -0.2) is 10.5 Å². The molecule has 0 bridgehead atoms. The number of fused-ring (bicyclic) bond motifs is 1. The van der Waals surface area contributed by atoms with Gasteiger partial charge in [-0.2, -0.15) is 0 Å². The van der Waals surface area contributed by atoms with Crippen LogP contribution in [0.1, 0.15) is 11.1 Å². The highest BCUT2D eigenvalue weighted by molar-refractivity contribution is 5.90. The highest BCUT2D eigenvalue weighted by Crippen LogP contribution is 2.29. The first-order valence-electron chi connectivity index (χ1n) is 8.91. The molecular formula is C24H20N2O. The maximum absolute atomic E-state index is 10.9. The molecule has 132 valence electrons. The number of rotatable bonds is 5. The number of carbonyl (C=O) groups excluding carboxylic acids is 1. The van der Waals surface area contributed by atoms with Crippen LogP contribution in [0.25, 0.3) is 28.2 Å². The Balaban J connectivity index is 1.72. The highest BCUT2D eigenvalue weighted by Gasteiger charge is 2.10. The molecule has 0 aliphatic carbocycles. The third kappa shape index (κ3) is 3.67. The molecular weight excluding hydrogens is 332 g/mol. The Bertz CT molecular complexity index is 1110. The SMILES string of the molecule is NC(=O)/C=C/c1ccc(Cn2c(-c3ccccc3)cc3ccccc32)cc1. The van der Waals surface area contributed by atoms with Crippen molar-refractivity contribution in [2.45, 2.75) is 6.54 Å². The minimum Gasteiger partial charge on any atom is -0.366 e. The molecule has 4 aromatic rings. The summed E-state index contributed by atoms with van der Waals surface area (Å²) in [6.07, 6.45) is 3.11. The van der Waals surface area contributed by atoms with E-state index in [0.29, 0.717) is 0 Å². The highest BCUT2D eigenvalue weighted by atomic mass is 16.1. The first-order valence-corrected chi connectivity index (χ1v) is 8.91. The van der Waals surface area contributed by atoms with Gasteiger partial charge in [0.05, 0.1) is 0 Å². The summed E-state index contributed by atoms with van der Waals surface area (Å²) in [6.45, 7) is 0.775. The third-order valence-corrected chi connectivity index (χ3v) is 4.64. The lowest BCUT2D eigenvalue weighted by Gasteiger charge is -2.12. The Kier molecular flexibility index (Phi) is 4.58. The summed E-state index contributed by atoms with van der Waals surface area (Å²) in [5.74, 6) is -0.439. The van der Waals surface area contributed by atoms with Gasteiger partial charge >= 0.3 is 0 Å². The minimum atomic E-state index is -0.439. The number of aromatic nitrogens is 1. The Labute approximate surface area is 158 Å². The van der Waals surface area contributed by atoms with Crippen LogP contribution in [-0.2, 0) is 11.3 Å². The second-order valence-electron chi connectivity index (χ2n) is 6.52. The summed E-state index contributed by atoms with van der Waals surface area (Å²) in [7, 11) is 0. The molecule has 0 saturated heterocycles. The molecule has 1 aromatic heterocycles. The van der Waals surface area contributed by atoms with Crippen molar-refractivity contribution in [1.82, 2.24) is 4.57 Å². The Morgan fingerprint density at radius 1 is 0.889 bits per heavy atom. The number of hydrogen-bond donors (Lipinski definition) is 1. The maximum atomic E-state index is 10.9. The molecule has 0 radical (unpaired) electrons. The largest absolute Gasteiger partial charge is 0.366 e. The molecule has 0 aliphatic heterocycles. The lowest BCUT2D eigenvalue weighted by Crippen LogP contribution is -2.05. The smallest absolute Gasteiger partial charge is 0.241 e. The number of nitrogens with zero attached hydrogens (tertiary/aromatic N) is 1. The molecule has 3 aromatic carbocycles. The first-order chi connectivity index (χ1) is 13.2. The van der Waals surface area contributed by atoms with Crippen LogP contribution in [0.3, 0.4) is 0 Å². The molecule has 2 N–H and O–H groups in total. The van der Waals surface area contributed by atoms with Gasteiger partial charge in [-0.3, -0.25) is 4.79 Å². The number of carbonyl (C=O) groups is 1. The Morgan fingerprint density at radius 2 is 1.59 bits per heavy atom. The van der Waals surface area contributed by atoms with Gasteiger partial charge in [0.25, 0.3) is 0 Å². The average molecular weight is 352 g/mol. The minimum absolute atomic E-state index is 0.439. The zero-order valence-electron chi connectivity index (χ0n) is 14.9. The predicted octanol–water partition coefficient (Wildman–Crippen LogP) is 4.86.